The third kappa shape index (κ3) is 1.48. The number of Topliss-reactive ketones (excluding diaryl/α,β-unsaturated/α-hetero) is 2. The molecule has 1 aromatic rings. The van der Waals surface area contributed by atoms with Gasteiger partial charge in [-0.3, -0.25) is 9.59 Å². The van der Waals surface area contributed by atoms with Crippen molar-refractivity contribution in [3.63, 3.8) is 0 Å². The molecular formula is C14H9ClO2. The molecule has 1 atom stereocenters. The minimum Gasteiger partial charge on any atom is -0.285 e. The van der Waals surface area contributed by atoms with Gasteiger partial charge in [-0.2, -0.15) is 0 Å². The van der Waals surface area contributed by atoms with Gasteiger partial charge in [-0.15, -0.1) is 0 Å². The summed E-state index contributed by atoms with van der Waals surface area (Å²) in [4.78, 5) is 23.9. The highest BCUT2D eigenvalue weighted by molar-refractivity contribution is 6.51. The van der Waals surface area contributed by atoms with E-state index in [9.17, 15) is 9.59 Å². The zero-order chi connectivity index (χ0) is 12.0. The quantitative estimate of drug-likeness (QED) is 0.658. The number of benzene rings is 1. The molecule has 0 radical (unpaired) electrons. The van der Waals surface area contributed by atoms with Crippen molar-refractivity contribution in [3.8, 4) is 0 Å². The van der Waals surface area contributed by atoms with Crippen molar-refractivity contribution in [3.05, 3.63) is 58.1 Å². The van der Waals surface area contributed by atoms with Crippen LogP contribution in [0, 0.1) is 0 Å². The number of allylic oxidation sites excluding steroid dienone is 4. The number of carbonyl (C=O) groups excluding carboxylic acids is 2. The molecule has 3 rings (SSSR count). The Morgan fingerprint density at radius 3 is 2.82 bits per heavy atom. The Balaban J connectivity index is 2.25. The van der Waals surface area contributed by atoms with Gasteiger partial charge in [0, 0.05) is 22.1 Å². The Kier molecular flexibility index (Phi) is 2.26. The molecule has 0 spiro atoms. The predicted octanol–water partition coefficient (Wildman–Crippen LogP) is 3.08. The summed E-state index contributed by atoms with van der Waals surface area (Å²) >= 11 is 5.87. The average molecular weight is 245 g/mol. The SMILES string of the molecule is O=C1C(=O)c2cc(Cl)ccc2C2CC=CC=C12. The van der Waals surface area contributed by atoms with Crippen LogP contribution in [0.25, 0.3) is 0 Å². The van der Waals surface area contributed by atoms with Gasteiger partial charge >= 0.3 is 0 Å². The lowest BCUT2D eigenvalue weighted by molar-refractivity contribution is -0.112. The van der Waals surface area contributed by atoms with Crippen molar-refractivity contribution in [2.24, 2.45) is 0 Å². The van der Waals surface area contributed by atoms with Gasteiger partial charge in [0.15, 0.2) is 0 Å². The second kappa shape index (κ2) is 3.67. The summed E-state index contributed by atoms with van der Waals surface area (Å²) in [6.45, 7) is 0. The third-order valence-corrected chi connectivity index (χ3v) is 3.50. The zero-order valence-electron chi connectivity index (χ0n) is 8.94. The summed E-state index contributed by atoms with van der Waals surface area (Å²) in [5.74, 6) is -0.827. The fourth-order valence-corrected chi connectivity index (χ4v) is 2.61. The Labute approximate surface area is 104 Å². The van der Waals surface area contributed by atoms with Crippen LogP contribution in [0.2, 0.25) is 5.02 Å². The maximum absolute atomic E-state index is 12.0. The van der Waals surface area contributed by atoms with Crippen molar-refractivity contribution >= 4 is 23.2 Å². The number of carbonyl (C=O) groups is 2. The van der Waals surface area contributed by atoms with Crippen molar-refractivity contribution in [1.82, 2.24) is 0 Å². The van der Waals surface area contributed by atoms with Crippen LogP contribution < -0.4 is 0 Å². The third-order valence-electron chi connectivity index (χ3n) is 3.26. The minimum atomic E-state index is -0.444. The van der Waals surface area contributed by atoms with Crippen LogP contribution >= 0.6 is 11.6 Å². The van der Waals surface area contributed by atoms with E-state index in [2.05, 4.69) is 0 Å². The zero-order valence-corrected chi connectivity index (χ0v) is 9.70. The van der Waals surface area contributed by atoms with Gasteiger partial charge in [0.2, 0.25) is 11.6 Å². The van der Waals surface area contributed by atoms with E-state index >= 15 is 0 Å². The molecule has 0 saturated heterocycles. The van der Waals surface area contributed by atoms with E-state index in [1.165, 1.54) is 0 Å². The molecule has 0 heterocycles. The highest BCUT2D eigenvalue weighted by Gasteiger charge is 2.36. The summed E-state index contributed by atoms with van der Waals surface area (Å²) < 4.78 is 0. The monoisotopic (exact) mass is 244 g/mol. The molecule has 0 saturated carbocycles. The molecule has 0 amide bonds. The van der Waals surface area contributed by atoms with Crippen LogP contribution in [0.3, 0.4) is 0 Å². The first-order valence-corrected chi connectivity index (χ1v) is 5.81. The summed E-state index contributed by atoms with van der Waals surface area (Å²) in [5.41, 5.74) is 1.97. The molecule has 17 heavy (non-hydrogen) atoms. The summed E-state index contributed by atoms with van der Waals surface area (Å²) in [6.07, 6.45) is 6.35. The van der Waals surface area contributed by atoms with Crippen molar-refractivity contribution in [2.75, 3.05) is 0 Å². The van der Waals surface area contributed by atoms with E-state index in [4.69, 9.17) is 11.6 Å². The summed E-state index contributed by atoms with van der Waals surface area (Å²) in [6, 6.07) is 5.20. The van der Waals surface area contributed by atoms with E-state index in [0.717, 1.165) is 12.0 Å². The van der Waals surface area contributed by atoms with Crippen LogP contribution in [0.15, 0.2) is 42.0 Å². The number of halogens is 1. The molecule has 0 bridgehead atoms. The van der Waals surface area contributed by atoms with E-state index in [-0.39, 0.29) is 5.92 Å². The topological polar surface area (TPSA) is 34.1 Å². The maximum atomic E-state index is 12.0. The molecule has 0 fully saturated rings. The molecule has 3 heteroatoms. The Morgan fingerprint density at radius 2 is 2.00 bits per heavy atom. The van der Waals surface area contributed by atoms with Crippen molar-refractivity contribution in [1.29, 1.82) is 0 Å². The highest BCUT2D eigenvalue weighted by atomic mass is 35.5. The second-order valence-electron chi connectivity index (χ2n) is 4.23. The molecule has 0 N–H and O–H groups in total. The van der Waals surface area contributed by atoms with E-state index in [1.54, 1.807) is 18.2 Å². The van der Waals surface area contributed by atoms with Gasteiger partial charge in [0.1, 0.15) is 0 Å². The fourth-order valence-electron chi connectivity index (χ4n) is 2.44. The van der Waals surface area contributed by atoms with Crippen LogP contribution in [0.1, 0.15) is 28.3 Å². The lowest BCUT2D eigenvalue weighted by Gasteiger charge is -2.27. The molecule has 2 nitrogen and oxygen atoms in total. The lowest BCUT2D eigenvalue weighted by atomic mass is 9.74. The van der Waals surface area contributed by atoms with Gasteiger partial charge in [0.05, 0.1) is 0 Å². The number of rotatable bonds is 0. The smallest absolute Gasteiger partial charge is 0.233 e. The molecule has 1 unspecified atom stereocenters. The largest absolute Gasteiger partial charge is 0.285 e. The molecular weight excluding hydrogens is 236 g/mol. The molecule has 84 valence electrons. The first kappa shape index (κ1) is 10.5. The van der Waals surface area contributed by atoms with E-state index < -0.39 is 11.6 Å². The standard InChI is InChI=1S/C14H9ClO2/c15-8-5-6-10-9-3-1-2-4-11(9)13(16)14(17)12(10)7-8/h1-2,4-7,9H,3H2. The average Bonchev–Trinajstić information content (AvgIpc) is 2.36. The van der Waals surface area contributed by atoms with Gasteiger partial charge < -0.3 is 0 Å². The lowest BCUT2D eigenvalue weighted by Crippen LogP contribution is -2.29. The van der Waals surface area contributed by atoms with Crippen LogP contribution in [-0.4, -0.2) is 11.6 Å². The second-order valence-corrected chi connectivity index (χ2v) is 4.66. The van der Waals surface area contributed by atoms with Crippen LogP contribution in [0.4, 0.5) is 0 Å². The van der Waals surface area contributed by atoms with Crippen LogP contribution in [-0.2, 0) is 4.79 Å². The van der Waals surface area contributed by atoms with Gasteiger partial charge in [0.25, 0.3) is 0 Å². The maximum Gasteiger partial charge on any atom is 0.233 e. The molecule has 2 aliphatic rings. The predicted molar refractivity (Wildman–Crippen MR) is 65.4 cm³/mol. The van der Waals surface area contributed by atoms with E-state index in [0.29, 0.717) is 16.2 Å². The Bertz CT molecular complexity index is 596. The summed E-state index contributed by atoms with van der Waals surface area (Å²) in [5, 5.41) is 0.490. The Morgan fingerprint density at radius 1 is 1.18 bits per heavy atom. The first-order valence-electron chi connectivity index (χ1n) is 5.43. The summed E-state index contributed by atoms with van der Waals surface area (Å²) in [7, 11) is 0. The first-order chi connectivity index (χ1) is 8.18. The van der Waals surface area contributed by atoms with Crippen LogP contribution in [0.5, 0.6) is 0 Å². The minimum absolute atomic E-state index is 0.0115. The normalized spacial score (nSPS) is 21.9. The molecule has 1 aromatic carbocycles. The number of hydrogen-bond acceptors (Lipinski definition) is 2. The highest BCUT2D eigenvalue weighted by Crippen LogP contribution is 2.39. The molecule has 0 aliphatic heterocycles. The number of ketones is 2. The fraction of sp³-hybridized carbons (Fsp3) is 0.143. The van der Waals surface area contributed by atoms with Crippen molar-refractivity contribution < 1.29 is 9.59 Å². The Hall–Kier alpha value is -1.67. The number of hydrogen-bond donors (Lipinski definition) is 0. The van der Waals surface area contributed by atoms with Gasteiger partial charge in [-0.1, -0.05) is 35.9 Å². The molecule has 0 aromatic heterocycles. The van der Waals surface area contributed by atoms with Crippen molar-refractivity contribution in [2.45, 2.75) is 12.3 Å². The van der Waals surface area contributed by atoms with Gasteiger partial charge in [-0.05, 0) is 24.1 Å². The number of fused-ring (bicyclic) bond motifs is 3. The molecule has 2 aliphatic carbocycles. The van der Waals surface area contributed by atoms with Gasteiger partial charge in [-0.25, -0.2) is 0 Å². The van der Waals surface area contributed by atoms with E-state index in [1.807, 2.05) is 18.2 Å².